The molecule has 112 valence electrons. The summed E-state index contributed by atoms with van der Waals surface area (Å²) >= 11 is 0. The Balaban J connectivity index is 2.37. The number of nitrogens with zero attached hydrogens (tertiary/aromatic N) is 1. The molecule has 2 N–H and O–H groups in total. The molecule has 0 heterocycles. The first-order valence-corrected chi connectivity index (χ1v) is 6.29. The fourth-order valence-corrected chi connectivity index (χ4v) is 2.02. The van der Waals surface area contributed by atoms with E-state index in [9.17, 15) is 19.7 Å². The quantitative estimate of drug-likeness (QED) is 0.666. The van der Waals surface area contributed by atoms with E-state index in [2.05, 4.69) is 5.32 Å². The average Bonchev–Trinajstić information content (AvgIpc) is 2.49. The van der Waals surface area contributed by atoms with Crippen LogP contribution in [0, 0.1) is 17.0 Å². The number of para-hydroxylation sites is 1. The van der Waals surface area contributed by atoms with E-state index >= 15 is 0 Å². The lowest BCUT2D eigenvalue weighted by Crippen LogP contribution is -2.15. The molecule has 0 aromatic heterocycles. The summed E-state index contributed by atoms with van der Waals surface area (Å²) < 4.78 is 0. The van der Waals surface area contributed by atoms with Gasteiger partial charge in [-0.3, -0.25) is 14.9 Å². The van der Waals surface area contributed by atoms with Crippen LogP contribution in [0.5, 0.6) is 0 Å². The maximum absolute atomic E-state index is 12.2. The summed E-state index contributed by atoms with van der Waals surface area (Å²) in [5.74, 6) is -1.78. The molecule has 0 atom stereocenters. The number of rotatable bonds is 4. The number of benzene rings is 2. The molecule has 0 radical (unpaired) electrons. The number of nitrogens with one attached hydrogen (secondary N) is 1. The number of nitro groups is 1. The van der Waals surface area contributed by atoms with Crippen molar-refractivity contribution in [2.24, 2.45) is 0 Å². The van der Waals surface area contributed by atoms with Crippen molar-refractivity contribution in [3.63, 3.8) is 0 Å². The van der Waals surface area contributed by atoms with Crippen LogP contribution in [0.2, 0.25) is 0 Å². The van der Waals surface area contributed by atoms with E-state index in [0.29, 0.717) is 11.3 Å². The van der Waals surface area contributed by atoms with E-state index < -0.39 is 16.8 Å². The molecule has 7 heteroatoms. The van der Waals surface area contributed by atoms with Crippen LogP contribution in [0.25, 0.3) is 0 Å². The van der Waals surface area contributed by atoms with E-state index in [-0.39, 0.29) is 16.8 Å². The third-order valence-electron chi connectivity index (χ3n) is 3.16. The van der Waals surface area contributed by atoms with Gasteiger partial charge in [0.1, 0.15) is 5.56 Å². The minimum absolute atomic E-state index is 0.0559. The van der Waals surface area contributed by atoms with Gasteiger partial charge in [0.05, 0.1) is 10.5 Å². The van der Waals surface area contributed by atoms with E-state index in [1.165, 1.54) is 42.5 Å². The molecule has 1 amide bonds. The highest BCUT2D eigenvalue weighted by Gasteiger charge is 2.20. The number of carboxylic acid groups (broad SMARTS) is 1. The topological polar surface area (TPSA) is 110 Å². The highest BCUT2D eigenvalue weighted by atomic mass is 16.6. The van der Waals surface area contributed by atoms with Crippen molar-refractivity contribution >= 4 is 23.3 Å². The van der Waals surface area contributed by atoms with Crippen molar-refractivity contribution in [1.82, 2.24) is 0 Å². The zero-order valence-electron chi connectivity index (χ0n) is 11.6. The van der Waals surface area contributed by atoms with Gasteiger partial charge in [0.25, 0.3) is 11.6 Å². The number of carboxylic acids is 1. The molecule has 0 fully saturated rings. The Morgan fingerprint density at radius 2 is 1.73 bits per heavy atom. The number of nitro benzene ring substituents is 1. The summed E-state index contributed by atoms with van der Waals surface area (Å²) in [6.45, 7) is 1.55. The van der Waals surface area contributed by atoms with Gasteiger partial charge in [-0.2, -0.15) is 0 Å². The molecular weight excluding hydrogens is 288 g/mol. The molecule has 0 saturated heterocycles. The molecule has 0 spiro atoms. The lowest BCUT2D eigenvalue weighted by Gasteiger charge is -2.10. The molecule has 0 aliphatic heterocycles. The maximum Gasteiger partial charge on any atom is 0.336 e. The Kier molecular flexibility index (Phi) is 4.17. The first-order chi connectivity index (χ1) is 10.4. The first kappa shape index (κ1) is 15.2. The SMILES string of the molecule is Cc1c(NC(=O)c2ccccc2[N+](=O)[O-])cccc1C(=O)O. The molecule has 2 aromatic carbocycles. The minimum Gasteiger partial charge on any atom is -0.478 e. The van der Waals surface area contributed by atoms with Gasteiger partial charge >= 0.3 is 5.97 Å². The van der Waals surface area contributed by atoms with E-state index in [4.69, 9.17) is 5.11 Å². The summed E-state index contributed by atoms with van der Waals surface area (Å²) in [4.78, 5) is 33.6. The second-order valence-corrected chi connectivity index (χ2v) is 4.51. The molecule has 22 heavy (non-hydrogen) atoms. The number of hydrogen-bond donors (Lipinski definition) is 2. The summed E-state index contributed by atoms with van der Waals surface area (Å²) in [6, 6.07) is 9.99. The Morgan fingerprint density at radius 3 is 2.36 bits per heavy atom. The van der Waals surface area contributed by atoms with Crippen LogP contribution in [0.4, 0.5) is 11.4 Å². The van der Waals surface area contributed by atoms with Gasteiger partial charge in [-0.1, -0.05) is 18.2 Å². The molecule has 2 aromatic rings. The summed E-state index contributed by atoms with van der Waals surface area (Å²) in [7, 11) is 0. The van der Waals surface area contributed by atoms with Crippen LogP contribution in [-0.2, 0) is 0 Å². The van der Waals surface area contributed by atoms with Crippen molar-refractivity contribution in [2.45, 2.75) is 6.92 Å². The molecule has 0 unspecified atom stereocenters. The van der Waals surface area contributed by atoms with Crippen molar-refractivity contribution in [1.29, 1.82) is 0 Å². The smallest absolute Gasteiger partial charge is 0.336 e. The van der Waals surface area contributed by atoms with Gasteiger partial charge < -0.3 is 10.4 Å². The highest BCUT2D eigenvalue weighted by molar-refractivity contribution is 6.08. The number of carbonyl (C=O) groups is 2. The molecule has 7 nitrogen and oxygen atoms in total. The van der Waals surface area contributed by atoms with Crippen molar-refractivity contribution < 1.29 is 19.6 Å². The normalized spacial score (nSPS) is 10.0. The number of hydrogen-bond acceptors (Lipinski definition) is 4. The molecular formula is C15H12N2O5. The third-order valence-corrected chi connectivity index (χ3v) is 3.16. The first-order valence-electron chi connectivity index (χ1n) is 6.29. The van der Waals surface area contributed by atoms with E-state index in [1.807, 2.05) is 0 Å². The van der Waals surface area contributed by atoms with Crippen molar-refractivity contribution in [3.05, 3.63) is 69.3 Å². The minimum atomic E-state index is -1.11. The Bertz CT molecular complexity index is 770. The van der Waals surface area contributed by atoms with Crippen LogP contribution in [0.3, 0.4) is 0 Å². The van der Waals surface area contributed by atoms with Crippen LogP contribution < -0.4 is 5.32 Å². The van der Waals surface area contributed by atoms with Crippen LogP contribution >= 0.6 is 0 Å². The van der Waals surface area contributed by atoms with Gasteiger partial charge in [-0.05, 0) is 30.7 Å². The van der Waals surface area contributed by atoms with Gasteiger partial charge in [0.2, 0.25) is 0 Å². The molecule has 0 saturated carbocycles. The standard InChI is InChI=1S/C15H12N2O5/c1-9-10(15(19)20)6-4-7-12(9)16-14(18)11-5-2-3-8-13(11)17(21)22/h2-8H,1H3,(H,16,18)(H,19,20). The predicted molar refractivity (Wildman–Crippen MR) is 79.2 cm³/mol. The second-order valence-electron chi connectivity index (χ2n) is 4.51. The number of anilines is 1. The lowest BCUT2D eigenvalue weighted by molar-refractivity contribution is -0.385. The Labute approximate surface area is 125 Å². The number of aromatic carboxylic acids is 1. The summed E-state index contributed by atoms with van der Waals surface area (Å²) in [6.07, 6.45) is 0. The summed E-state index contributed by atoms with van der Waals surface area (Å²) in [5, 5.41) is 22.5. The fourth-order valence-electron chi connectivity index (χ4n) is 2.02. The fraction of sp³-hybridized carbons (Fsp3) is 0.0667. The monoisotopic (exact) mass is 300 g/mol. The van der Waals surface area contributed by atoms with E-state index in [0.717, 1.165) is 0 Å². The van der Waals surface area contributed by atoms with Gasteiger partial charge in [-0.25, -0.2) is 4.79 Å². The molecule has 0 aliphatic rings. The van der Waals surface area contributed by atoms with E-state index in [1.54, 1.807) is 6.92 Å². The molecule has 0 aliphatic carbocycles. The van der Waals surface area contributed by atoms with Crippen molar-refractivity contribution in [3.8, 4) is 0 Å². The maximum atomic E-state index is 12.2. The largest absolute Gasteiger partial charge is 0.478 e. The number of carbonyl (C=O) groups excluding carboxylic acids is 1. The van der Waals surface area contributed by atoms with Crippen LogP contribution in [-0.4, -0.2) is 21.9 Å². The van der Waals surface area contributed by atoms with Crippen molar-refractivity contribution in [2.75, 3.05) is 5.32 Å². The Morgan fingerprint density at radius 1 is 1.09 bits per heavy atom. The van der Waals surface area contributed by atoms with Gasteiger partial charge in [0.15, 0.2) is 0 Å². The van der Waals surface area contributed by atoms with Crippen LogP contribution in [0.1, 0.15) is 26.3 Å². The van der Waals surface area contributed by atoms with Crippen LogP contribution in [0.15, 0.2) is 42.5 Å². The van der Waals surface area contributed by atoms with Gasteiger partial charge in [0, 0.05) is 11.8 Å². The predicted octanol–water partition coefficient (Wildman–Crippen LogP) is 2.85. The Hall–Kier alpha value is -3.22. The average molecular weight is 300 g/mol. The van der Waals surface area contributed by atoms with Gasteiger partial charge in [-0.15, -0.1) is 0 Å². The zero-order chi connectivity index (χ0) is 16.3. The number of amides is 1. The molecule has 2 rings (SSSR count). The second kappa shape index (κ2) is 6.04. The molecule has 0 bridgehead atoms. The summed E-state index contributed by atoms with van der Waals surface area (Å²) in [5.41, 5.74) is 0.324. The third kappa shape index (κ3) is 2.93. The highest BCUT2D eigenvalue weighted by Crippen LogP contribution is 2.22. The zero-order valence-corrected chi connectivity index (χ0v) is 11.6. The lowest BCUT2D eigenvalue weighted by atomic mass is 10.1.